The van der Waals surface area contributed by atoms with Crippen LogP contribution < -0.4 is 4.74 Å². The van der Waals surface area contributed by atoms with Crippen molar-refractivity contribution in [2.45, 2.75) is 27.2 Å². The zero-order chi connectivity index (χ0) is 15.6. The Morgan fingerprint density at radius 3 is 2.43 bits per heavy atom. The van der Waals surface area contributed by atoms with Gasteiger partial charge in [-0.2, -0.15) is 0 Å². The zero-order valence-corrected chi connectivity index (χ0v) is 12.7. The Bertz CT molecular complexity index is 544. The van der Waals surface area contributed by atoms with Crippen LogP contribution in [-0.4, -0.2) is 41.6 Å². The largest absolute Gasteiger partial charge is 0.483 e. The van der Waals surface area contributed by atoms with Crippen molar-refractivity contribution in [1.82, 2.24) is 4.90 Å². The van der Waals surface area contributed by atoms with Crippen molar-refractivity contribution in [1.29, 1.82) is 0 Å². The van der Waals surface area contributed by atoms with Crippen LogP contribution in [0.2, 0.25) is 0 Å². The number of hydrogen-bond donors (Lipinski definition) is 1. The number of nitrogens with zero attached hydrogens (tertiary/aromatic N) is 1. The fourth-order valence-electron chi connectivity index (χ4n) is 2.81. The number of carbonyl (C=O) groups is 2. The van der Waals surface area contributed by atoms with E-state index in [1.807, 2.05) is 32.9 Å². The van der Waals surface area contributed by atoms with Crippen LogP contribution in [0.25, 0.3) is 0 Å². The molecule has 114 valence electrons. The average Bonchev–Trinajstić information content (AvgIpc) is 2.86. The summed E-state index contributed by atoms with van der Waals surface area (Å²) in [7, 11) is 0. The minimum atomic E-state index is -0.837. The van der Waals surface area contributed by atoms with E-state index >= 15 is 0 Å². The summed E-state index contributed by atoms with van der Waals surface area (Å²) in [5, 5.41) is 8.95. The first-order valence-electron chi connectivity index (χ1n) is 7.09. The van der Waals surface area contributed by atoms with Crippen molar-refractivity contribution in [2.24, 2.45) is 5.92 Å². The van der Waals surface area contributed by atoms with Gasteiger partial charge in [0.1, 0.15) is 5.75 Å². The summed E-state index contributed by atoms with van der Waals surface area (Å²) in [6.45, 7) is 6.66. The maximum Gasteiger partial charge on any atom is 0.308 e. The van der Waals surface area contributed by atoms with Crippen LogP contribution >= 0.6 is 0 Å². The van der Waals surface area contributed by atoms with Gasteiger partial charge in [0.05, 0.1) is 5.92 Å². The molecule has 1 unspecified atom stereocenters. The lowest BCUT2D eigenvalue weighted by atomic mass is 10.1. The van der Waals surface area contributed by atoms with Crippen molar-refractivity contribution in [2.75, 3.05) is 19.7 Å². The predicted molar refractivity (Wildman–Crippen MR) is 78.5 cm³/mol. The SMILES string of the molecule is Cc1cc(C)c(OCC(=O)N2CCC(C(=O)O)C2)c(C)c1. The Kier molecular flexibility index (Phi) is 4.50. The second-order valence-electron chi connectivity index (χ2n) is 5.68. The van der Waals surface area contributed by atoms with Crippen LogP contribution in [-0.2, 0) is 9.59 Å². The molecule has 1 heterocycles. The van der Waals surface area contributed by atoms with E-state index in [4.69, 9.17) is 9.84 Å². The molecule has 1 N–H and O–H groups in total. The van der Waals surface area contributed by atoms with Crippen molar-refractivity contribution in [3.63, 3.8) is 0 Å². The second kappa shape index (κ2) is 6.16. The first-order chi connectivity index (χ1) is 9.88. The fourth-order valence-corrected chi connectivity index (χ4v) is 2.81. The molecule has 0 aromatic heterocycles. The van der Waals surface area contributed by atoms with Crippen LogP contribution in [0.15, 0.2) is 12.1 Å². The number of aryl methyl sites for hydroxylation is 3. The summed E-state index contributed by atoms with van der Waals surface area (Å²) in [5.74, 6) is -0.700. The first-order valence-corrected chi connectivity index (χ1v) is 7.09. The van der Waals surface area contributed by atoms with Crippen molar-refractivity contribution in [3.05, 3.63) is 28.8 Å². The van der Waals surface area contributed by atoms with Crippen molar-refractivity contribution < 1.29 is 19.4 Å². The molecule has 0 saturated carbocycles. The van der Waals surface area contributed by atoms with Gasteiger partial charge in [-0.3, -0.25) is 9.59 Å². The smallest absolute Gasteiger partial charge is 0.308 e. The molecule has 21 heavy (non-hydrogen) atoms. The Hall–Kier alpha value is -2.04. The molecule has 1 aromatic carbocycles. The Morgan fingerprint density at radius 1 is 1.29 bits per heavy atom. The lowest BCUT2D eigenvalue weighted by molar-refractivity contribution is -0.141. The van der Waals surface area contributed by atoms with E-state index < -0.39 is 11.9 Å². The van der Waals surface area contributed by atoms with E-state index in [1.54, 1.807) is 4.90 Å². The van der Waals surface area contributed by atoms with Gasteiger partial charge in [0.2, 0.25) is 0 Å². The minimum absolute atomic E-state index is 0.0446. The highest BCUT2D eigenvalue weighted by molar-refractivity contribution is 5.80. The molecule has 1 aromatic rings. The Labute approximate surface area is 124 Å². The highest BCUT2D eigenvalue weighted by Gasteiger charge is 2.30. The molecule has 5 nitrogen and oxygen atoms in total. The molecule has 1 atom stereocenters. The summed E-state index contributed by atoms with van der Waals surface area (Å²) in [4.78, 5) is 24.6. The number of carboxylic acid groups (broad SMARTS) is 1. The van der Waals surface area contributed by atoms with Gasteiger partial charge < -0.3 is 14.7 Å². The standard InChI is InChI=1S/C16H21NO4/c1-10-6-11(2)15(12(3)7-10)21-9-14(18)17-5-4-13(8-17)16(19)20/h6-7,13H,4-5,8-9H2,1-3H3,(H,19,20). The summed E-state index contributed by atoms with van der Waals surface area (Å²) < 4.78 is 5.65. The van der Waals surface area contributed by atoms with Gasteiger partial charge in [0.25, 0.3) is 5.91 Å². The van der Waals surface area contributed by atoms with Gasteiger partial charge in [-0.1, -0.05) is 17.7 Å². The van der Waals surface area contributed by atoms with Gasteiger partial charge in [-0.05, 0) is 38.3 Å². The monoisotopic (exact) mass is 291 g/mol. The summed E-state index contributed by atoms with van der Waals surface area (Å²) >= 11 is 0. The predicted octanol–water partition coefficient (Wildman–Crippen LogP) is 1.92. The van der Waals surface area contributed by atoms with Gasteiger partial charge in [-0.15, -0.1) is 0 Å². The molecule has 1 amide bonds. The van der Waals surface area contributed by atoms with Crippen molar-refractivity contribution in [3.8, 4) is 5.75 Å². The van der Waals surface area contributed by atoms with E-state index in [9.17, 15) is 9.59 Å². The van der Waals surface area contributed by atoms with Crippen LogP contribution in [0.3, 0.4) is 0 Å². The molecule has 0 bridgehead atoms. The van der Waals surface area contributed by atoms with Crippen molar-refractivity contribution >= 4 is 11.9 Å². The molecule has 1 fully saturated rings. The van der Waals surface area contributed by atoms with Crippen LogP contribution in [0.4, 0.5) is 0 Å². The fraction of sp³-hybridized carbons (Fsp3) is 0.500. The molecule has 5 heteroatoms. The molecule has 0 aliphatic carbocycles. The molecule has 1 saturated heterocycles. The summed E-state index contributed by atoms with van der Waals surface area (Å²) in [6.07, 6.45) is 0.518. The number of likely N-dealkylation sites (tertiary alicyclic amines) is 1. The third kappa shape index (κ3) is 3.54. The van der Waals surface area contributed by atoms with E-state index in [1.165, 1.54) is 0 Å². The topological polar surface area (TPSA) is 66.8 Å². The Balaban J connectivity index is 1.95. The average molecular weight is 291 g/mol. The van der Waals surface area contributed by atoms with E-state index in [-0.39, 0.29) is 19.1 Å². The minimum Gasteiger partial charge on any atom is -0.483 e. The lowest BCUT2D eigenvalue weighted by Crippen LogP contribution is -2.34. The number of amides is 1. The molecule has 1 aliphatic rings. The number of aliphatic carboxylic acids is 1. The molecular weight excluding hydrogens is 270 g/mol. The number of carbonyl (C=O) groups excluding carboxylic acids is 1. The first kappa shape index (κ1) is 15.4. The number of benzene rings is 1. The maximum atomic E-state index is 12.1. The van der Waals surface area contributed by atoms with Crippen LogP contribution in [0.1, 0.15) is 23.1 Å². The third-order valence-electron chi connectivity index (χ3n) is 3.83. The third-order valence-corrected chi connectivity index (χ3v) is 3.83. The summed E-state index contributed by atoms with van der Waals surface area (Å²) in [5.41, 5.74) is 3.17. The lowest BCUT2D eigenvalue weighted by Gasteiger charge is -2.18. The van der Waals surface area contributed by atoms with Gasteiger partial charge >= 0.3 is 5.97 Å². The molecule has 1 aliphatic heterocycles. The summed E-state index contributed by atoms with van der Waals surface area (Å²) in [6, 6.07) is 4.03. The Morgan fingerprint density at radius 2 is 1.90 bits per heavy atom. The quantitative estimate of drug-likeness (QED) is 0.920. The van der Waals surface area contributed by atoms with Gasteiger partial charge in [0, 0.05) is 13.1 Å². The number of ether oxygens (including phenoxy) is 1. The second-order valence-corrected chi connectivity index (χ2v) is 5.68. The molecular formula is C16H21NO4. The highest BCUT2D eigenvalue weighted by Crippen LogP contribution is 2.25. The normalized spacial score (nSPS) is 17.9. The number of rotatable bonds is 4. The molecule has 0 radical (unpaired) electrons. The van der Waals surface area contributed by atoms with E-state index in [0.29, 0.717) is 13.0 Å². The molecule has 0 spiro atoms. The van der Waals surface area contributed by atoms with Crippen LogP contribution in [0.5, 0.6) is 5.75 Å². The highest BCUT2D eigenvalue weighted by atomic mass is 16.5. The maximum absolute atomic E-state index is 12.1. The van der Waals surface area contributed by atoms with Crippen LogP contribution in [0, 0.1) is 26.7 Å². The number of carboxylic acids is 1. The molecule has 2 rings (SSSR count). The zero-order valence-electron chi connectivity index (χ0n) is 12.7. The van der Waals surface area contributed by atoms with Gasteiger partial charge in [0.15, 0.2) is 6.61 Å². The van der Waals surface area contributed by atoms with E-state index in [2.05, 4.69) is 0 Å². The van der Waals surface area contributed by atoms with E-state index in [0.717, 1.165) is 22.4 Å². The number of hydrogen-bond acceptors (Lipinski definition) is 3. The van der Waals surface area contributed by atoms with Gasteiger partial charge in [-0.25, -0.2) is 0 Å².